The van der Waals surface area contributed by atoms with Crippen LogP contribution in [0.2, 0.25) is 5.02 Å². The normalized spacial score (nSPS) is 14.1. The number of nitrogens with zero attached hydrogens (tertiary/aromatic N) is 3. The highest BCUT2D eigenvalue weighted by Gasteiger charge is 2.29. The van der Waals surface area contributed by atoms with Gasteiger partial charge in [0.15, 0.2) is 0 Å². The van der Waals surface area contributed by atoms with Crippen molar-refractivity contribution >= 4 is 28.9 Å². The third-order valence-electron chi connectivity index (χ3n) is 5.25. The van der Waals surface area contributed by atoms with Crippen molar-refractivity contribution in [3.63, 3.8) is 0 Å². The molecular weight excluding hydrogens is 406 g/mol. The van der Waals surface area contributed by atoms with Gasteiger partial charge in [-0.1, -0.05) is 48.0 Å². The van der Waals surface area contributed by atoms with Gasteiger partial charge in [0.05, 0.1) is 15.5 Å². The lowest BCUT2D eigenvalue weighted by Crippen LogP contribution is -2.49. The second-order valence-electron chi connectivity index (χ2n) is 7.09. The van der Waals surface area contributed by atoms with E-state index in [4.69, 9.17) is 16.0 Å². The Balaban J connectivity index is 1.50. The molecule has 0 aliphatic carbocycles. The van der Waals surface area contributed by atoms with Crippen LogP contribution >= 0.6 is 11.6 Å². The minimum atomic E-state index is -0.432. The summed E-state index contributed by atoms with van der Waals surface area (Å²) in [4.78, 5) is 27.6. The van der Waals surface area contributed by atoms with Crippen LogP contribution in [0.4, 0.5) is 11.4 Å². The molecule has 4 rings (SSSR count). The SMILES string of the molecule is Cc1oc(-c2ccccc2)cc1C(=O)N1CCN(c2c(Cl)cccc2[N+](=O)[O-])CC1. The average molecular weight is 426 g/mol. The summed E-state index contributed by atoms with van der Waals surface area (Å²) in [5, 5.41) is 11.7. The van der Waals surface area contributed by atoms with Gasteiger partial charge in [0.2, 0.25) is 0 Å². The highest BCUT2D eigenvalue weighted by Crippen LogP contribution is 2.36. The second-order valence-corrected chi connectivity index (χ2v) is 7.50. The van der Waals surface area contributed by atoms with E-state index in [2.05, 4.69) is 0 Å². The summed E-state index contributed by atoms with van der Waals surface area (Å²) in [6.45, 7) is 3.57. The molecular formula is C22H20ClN3O4. The summed E-state index contributed by atoms with van der Waals surface area (Å²) >= 11 is 6.24. The maximum Gasteiger partial charge on any atom is 0.294 e. The molecule has 0 N–H and O–H groups in total. The van der Waals surface area contributed by atoms with Crippen molar-refractivity contribution in [2.45, 2.75) is 6.92 Å². The number of aryl methyl sites for hydroxylation is 1. The first-order chi connectivity index (χ1) is 14.5. The summed E-state index contributed by atoms with van der Waals surface area (Å²) in [5.74, 6) is 1.12. The van der Waals surface area contributed by atoms with Crippen LogP contribution in [-0.4, -0.2) is 41.9 Å². The van der Waals surface area contributed by atoms with E-state index in [0.717, 1.165) is 5.56 Å². The van der Waals surface area contributed by atoms with E-state index in [1.54, 1.807) is 30.0 Å². The number of benzene rings is 2. The molecule has 0 radical (unpaired) electrons. The molecule has 2 aromatic carbocycles. The van der Waals surface area contributed by atoms with Crippen LogP contribution < -0.4 is 4.90 Å². The molecule has 1 fully saturated rings. The monoisotopic (exact) mass is 425 g/mol. The van der Waals surface area contributed by atoms with E-state index in [1.165, 1.54) is 6.07 Å². The molecule has 7 nitrogen and oxygen atoms in total. The lowest BCUT2D eigenvalue weighted by molar-refractivity contribution is -0.384. The van der Waals surface area contributed by atoms with Crippen LogP contribution in [0.15, 0.2) is 59.0 Å². The Hall–Kier alpha value is -3.32. The van der Waals surface area contributed by atoms with Crippen molar-refractivity contribution in [3.05, 3.63) is 81.1 Å². The summed E-state index contributed by atoms with van der Waals surface area (Å²) in [7, 11) is 0. The van der Waals surface area contributed by atoms with Crippen LogP contribution in [-0.2, 0) is 0 Å². The van der Waals surface area contributed by atoms with Gasteiger partial charge < -0.3 is 14.2 Å². The largest absolute Gasteiger partial charge is 0.461 e. The number of nitro benzene ring substituents is 1. The molecule has 1 amide bonds. The molecule has 0 bridgehead atoms. The lowest BCUT2D eigenvalue weighted by Gasteiger charge is -2.36. The number of hydrogen-bond donors (Lipinski definition) is 0. The number of furan rings is 1. The van der Waals surface area contributed by atoms with E-state index in [9.17, 15) is 14.9 Å². The third-order valence-corrected chi connectivity index (χ3v) is 5.56. The molecule has 1 saturated heterocycles. The highest BCUT2D eigenvalue weighted by atomic mass is 35.5. The number of piperazine rings is 1. The minimum absolute atomic E-state index is 0.0274. The number of anilines is 1. The van der Waals surface area contributed by atoms with Crippen LogP contribution in [0.25, 0.3) is 11.3 Å². The molecule has 0 unspecified atom stereocenters. The van der Waals surface area contributed by atoms with Crippen LogP contribution in [0, 0.1) is 17.0 Å². The van der Waals surface area contributed by atoms with E-state index < -0.39 is 4.92 Å². The number of rotatable bonds is 4. The number of carbonyl (C=O) groups excluding carboxylic acids is 1. The predicted octanol–water partition coefficient (Wildman–Crippen LogP) is 4.78. The molecule has 0 atom stereocenters. The molecule has 1 aliphatic rings. The predicted molar refractivity (Wildman–Crippen MR) is 115 cm³/mol. The van der Waals surface area contributed by atoms with Crippen molar-refractivity contribution in [2.75, 3.05) is 31.1 Å². The molecule has 2 heterocycles. The maximum atomic E-state index is 13.1. The minimum Gasteiger partial charge on any atom is -0.461 e. The number of hydrogen-bond acceptors (Lipinski definition) is 5. The Morgan fingerprint density at radius 1 is 1.07 bits per heavy atom. The average Bonchev–Trinajstić information content (AvgIpc) is 3.15. The topological polar surface area (TPSA) is 79.8 Å². The quantitative estimate of drug-likeness (QED) is 0.444. The summed E-state index contributed by atoms with van der Waals surface area (Å²) < 4.78 is 5.81. The first kappa shape index (κ1) is 20.0. The Morgan fingerprint density at radius 2 is 1.77 bits per heavy atom. The van der Waals surface area contributed by atoms with Crippen LogP contribution in [0.1, 0.15) is 16.1 Å². The summed E-state index contributed by atoms with van der Waals surface area (Å²) in [6.07, 6.45) is 0. The Kier molecular flexibility index (Phi) is 5.46. The number of para-hydroxylation sites is 1. The van der Waals surface area contributed by atoms with Gasteiger partial charge in [-0.05, 0) is 19.1 Å². The first-order valence-electron chi connectivity index (χ1n) is 9.58. The Bertz CT molecular complexity index is 1090. The van der Waals surface area contributed by atoms with Crippen LogP contribution in [0.3, 0.4) is 0 Å². The van der Waals surface area contributed by atoms with Gasteiger partial charge >= 0.3 is 0 Å². The number of carbonyl (C=O) groups is 1. The number of nitro groups is 1. The van der Waals surface area contributed by atoms with Crippen molar-refractivity contribution in [1.82, 2.24) is 4.90 Å². The fourth-order valence-corrected chi connectivity index (χ4v) is 4.00. The Morgan fingerprint density at radius 3 is 2.43 bits per heavy atom. The smallest absolute Gasteiger partial charge is 0.294 e. The van der Waals surface area contributed by atoms with Gasteiger partial charge in [0, 0.05) is 37.8 Å². The molecule has 0 spiro atoms. The van der Waals surface area contributed by atoms with E-state index in [1.807, 2.05) is 35.2 Å². The van der Waals surface area contributed by atoms with Crippen molar-refractivity contribution < 1.29 is 14.1 Å². The van der Waals surface area contributed by atoms with E-state index in [0.29, 0.717) is 54.0 Å². The van der Waals surface area contributed by atoms with E-state index >= 15 is 0 Å². The van der Waals surface area contributed by atoms with Crippen molar-refractivity contribution in [2.24, 2.45) is 0 Å². The molecule has 3 aromatic rings. The van der Waals surface area contributed by atoms with Gasteiger partial charge in [-0.3, -0.25) is 14.9 Å². The van der Waals surface area contributed by atoms with Gasteiger partial charge in [0.25, 0.3) is 11.6 Å². The third kappa shape index (κ3) is 3.76. The molecule has 154 valence electrons. The molecule has 8 heteroatoms. The molecule has 30 heavy (non-hydrogen) atoms. The zero-order chi connectivity index (χ0) is 21.3. The van der Waals surface area contributed by atoms with Gasteiger partial charge in [0.1, 0.15) is 17.2 Å². The fourth-order valence-electron chi connectivity index (χ4n) is 3.71. The van der Waals surface area contributed by atoms with Crippen molar-refractivity contribution in [1.29, 1.82) is 0 Å². The van der Waals surface area contributed by atoms with E-state index in [-0.39, 0.29) is 11.6 Å². The lowest BCUT2D eigenvalue weighted by atomic mass is 10.1. The summed E-state index contributed by atoms with van der Waals surface area (Å²) in [5.41, 5.74) is 1.82. The molecule has 1 aromatic heterocycles. The Labute approximate surface area is 178 Å². The standard InChI is InChI=1S/C22H20ClN3O4/c1-15-17(14-20(30-15)16-6-3-2-4-7-16)22(27)25-12-10-24(11-13-25)21-18(23)8-5-9-19(21)26(28)29/h2-9,14H,10-13H2,1H3. The number of amides is 1. The zero-order valence-corrected chi connectivity index (χ0v) is 17.1. The number of halogens is 1. The molecule has 0 saturated carbocycles. The van der Waals surface area contributed by atoms with Crippen LogP contribution in [0.5, 0.6) is 0 Å². The van der Waals surface area contributed by atoms with Gasteiger partial charge in [-0.15, -0.1) is 0 Å². The van der Waals surface area contributed by atoms with Gasteiger partial charge in [-0.25, -0.2) is 0 Å². The first-order valence-corrected chi connectivity index (χ1v) is 9.96. The highest BCUT2D eigenvalue weighted by molar-refractivity contribution is 6.33. The summed E-state index contributed by atoms with van der Waals surface area (Å²) in [6, 6.07) is 16.1. The maximum absolute atomic E-state index is 13.1. The zero-order valence-electron chi connectivity index (χ0n) is 16.4. The fraction of sp³-hybridized carbons (Fsp3) is 0.227. The van der Waals surface area contributed by atoms with Gasteiger partial charge in [-0.2, -0.15) is 0 Å². The van der Waals surface area contributed by atoms with Crippen molar-refractivity contribution in [3.8, 4) is 11.3 Å². The second kappa shape index (κ2) is 8.20. The molecule has 1 aliphatic heterocycles.